The first-order valence-electron chi connectivity index (χ1n) is 5.96. The van der Waals surface area contributed by atoms with Crippen LogP contribution in [0.25, 0.3) is 12.2 Å². The van der Waals surface area contributed by atoms with Crippen LogP contribution in [0.15, 0.2) is 59.8 Å². The van der Waals surface area contributed by atoms with E-state index in [-0.39, 0.29) is 11.5 Å². The summed E-state index contributed by atoms with van der Waals surface area (Å²) >= 11 is 0. The maximum Gasteiger partial charge on any atom is 0.117 e. The molecular formula is C16H14N2O2. The molecule has 20 heavy (non-hydrogen) atoms. The first-order valence-corrected chi connectivity index (χ1v) is 5.96. The summed E-state index contributed by atoms with van der Waals surface area (Å²) in [5.41, 5.74) is 2.51. The number of hydrogen-bond acceptors (Lipinski definition) is 4. The molecule has 4 heteroatoms. The van der Waals surface area contributed by atoms with Crippen molar-refractivity contribution in [1.29, 1.82) is 0 Å². The van der Waals surface area contributed by atoms with Crippen molar-refractivity contribution in [2.24, 2.45) is 10.2 Å². The molecule has 0 heterocycles. The van der Waals surface area contributed by atoms with Crippen molar-refractivity contribution in [2.45, 2.75) is 0 Å². The van der Waals surface area contributed by atoms with E-state index in [1.807, 2.05) is 0 Å². The quantitative estimate of drug-likeness (QED) is 0.780. The molecule has 2 aromatic rings. The Kier molecular flexibility index (Phi) is 3.96. The largest absolute Gasteiger partial charge is 0.508 e. The molecule has 0 atom stereocenters. The van der Waals surface area contributed by atoms with Crippen LogP contribution < -0.4 is 0 Å². The summed E-state index contributed by atoms with van der Waals surface area (Å²) in [4.78, 5) is 0. The Morgan fingerprint density at radius 1 is 0.750 bits per heavy atom. The molecule has 0 spiro atoms. The molecule has 2 N–H and O–H groups in total. The molecule has 0 aliphatic heterocycles. The van der Waals surface area contributed by atoms with E-state index >= 15 is 0 Å². The van der Waals surface area contributed by atoms with Crippen molar-refractivity contribution < 1.29 is 10.2 Å². The van der Waals surface area contributed by atoms with Gasteiger partial charge in [0.15, 0.2) is 0 Å². The van der Waals surface area contributed by atoms with E-state index in [1.165, 1.54) is 12.1 Å². The predicted molar refractivity (Wildman–Crippen MR) is 80.6 cm³/mol. The predicted octanol–water partition coefficient (Wildman–Crippen LogP) is 4.80. The van der Waals surface area contributed by atoms with E-state index in [4.69, 9.17) is 0 Å². The summed E-state index contributed by atoms with van der Waals surface area (Å²) < 4.78 is 0. The Bertz CT molecular complexity index is 631. The molecule has 0 unspecified atom stereocenters. The number of aromatic hydroxyl groups is 2. The van der Waals surface area contributed by atoms with Gasteiger partial charge in [-0.2, -0.15) is 0 Å². The van der Waals surface area contributed by atoms with E-state index in [2.05, 4.69) is 23.4 Å². The zero-order chi connectivity index (χ0) is 14.5. The van der Waals surface area contributed by atoms with Crippen LogP contribution in [0.2, 0.25) is 0 Å². The van der Waals surface area contributed by atoms with Gasteiger partial charge in [0.25, 0.3) is 0 Å². The molecule has 4 nitrogen and oxygen atoms in total. The maximum absolute atomic E-state index is 9.48. The van der Waals surface area contributed by atoms with Crippen molar-refractivity contribution in [3.05, 3.63) is 60.7 Å². The molecular weight excluding hydrogens is 252 g/mol. The first kappa shape index (κ1) is 13.5. The number of nitrogens with zero attached hydrogens (tertiary/aromatic N) is 2. The van der Waals surface area contributed by atoms with E-state index < -0.39 is 0 Å². The van der Waals surface area contributed by atoms with Gasteiger partial charge in [-0.3, -0.25) is 0 Å². The lowest BCUT2D eigenvalue weighted by Gasteiger charge is -2.02. The highest BCUT2D eigenvalue weighted by Crippen LogP contribution is 2.30. The maximum atomic E-state index is 9.48. The van der Waals surface area contributed by atoms with Gasteiger partial charge < -0.3 is 10.2 Å². The van der Waals surface area contributed by atoms with Gasteiger partial charge in [0.05, 0.1) is 11.4 Å². The molecule has 2 rings (SSSR count). The first-order chi connectivity index (χ1) is 9.63. The molecule has 0 bridgehead atoms. The van der Waals surface area contributed by atoms with Crippen molar-refractivity contribution >= 4 is 23.5 Å². The van der Waals surface area contributed by atoms with Gasteiger partial charge in [0.1, 0.15) is 11.5 Å². The van der Waals surface area contributed by atoms with Crippen molar-refractivity contribution in [1.82, 2.24) is 0 Å². The molecule has 0 radical (unpaired) electrons. The van der Waals surface area contributed by atoms with Crippen LogP contribution in [-0.4, -0.2) is 10.2 Å². The summed E-state index contributed by atoms with van der Waals surface area (Å²) in [7, 11) is 0. The Balaban J connectivity index is 2.43. The molecule has 0 amide bonds. The number of azo groups is 1. The highest BCUT2D eigenvalue weighted by Gasteiger charge is 2.02. The number of rotatable bonds is 4. The normalized spacial score (nSPS) is 10.6. The highest BCUT2D eigenvalue weighted by molar-refractivity contribution is 5.66. The van der Waals surface area contributed by atoms with Gasteiger partial charge in [-0.25, -0.2) is 0 Å². The second kappa shape index (κ2) is 5.84. The zero-order valence-corrected chi connectivity index (χ0v) is 10.8. The van der Waals surface area contributed by atoms with Crippen molar-refractivity contribution in [2.75, 3.05) is 0 Å². The Hall–Kier alpha value is -2.88. The number of hydrogen-bond donors (Lipinski definition) is 2. The molecule has 0 saturated heterocycles. The molecule has 0 fully saturated rings. The van der Waals surface area contributed by atoms with Gasteiger partial charge in [-0.15, -0.1) is 10.2 Å². The van der Waals surface area contributed by atoms with Crippen LogP contribution in [0.3, 0.4) is 0 Å². The number of phenolic OH excluding ortho intramolecular Hbond substituents is 2. The fourth-order valence-electron chi connectivity index (χ4n) is 1.69. The minimum absolute atomic E-state index is 0.101. The third-order valence-electron chi connectivity index (χ3n) is 2.73. The standard InChI is InChI=1S/C16H14N2O2/c1-3-11-5-7-13(19)9-15(11)17-18-16-10-14(20)8-6-12(16)4-2/h3-10,19-20H,1-2H2. The molecule has 0 aliphatic rings. The molecule has 2 aromatic carbocycles. The SMILES string of the molecule is C=Cc1ccc(O)cc1N=Nc1cc(O)ccc1C=C. The topological polar surface area (TPSA) is 65.2 Å². The van der Waals surface area contributed by atoms with E-state index in [9.17, 15) is 10.2 Å². The Morgan fingerprint density at radius 2 is 1.15 bits per heavy atom. The van der Waals surface area contributed by atoms with Crippen LogP contribution in [-0.2, 0) is 0 Å². The van der Waals surface area contributed by atoms with E-state index in [0.717, 1.165) is 11.1 Å². The van der Waals surface area contributed by atoms with Crippen LogP contribution >= 0.6 is 0 Å². The third-order valence-corrected chi connectivity index (χ3v) is 2.73. The van der Waals surface area contributed by atoms with Crippen molar-refractivity contribution in [3.63, 3.8) is 0 Å². The molecule has 0 aliphatic carbocycles. The summed E-state index contributed by atoms with van der Waals surface area (Å²) in [6, 6.07) is 9.51. The lowest BCUT2D eigenvalue weighted by atomic mass is 10.1. The summed E-state index contributed by atoms with van der Waals surface area (Å²) in [6.45, 7) is 7.37. The Labute approximate surface area is 117 Å². The van der Waals surface area contributed by atoms with Gasteiger partial charge in [-0.1, -0.05) is 25.3 Å². The average molecular weight is 266 g/mol. The second-order valence-corrected chi connectivity index (χ2v) is 4.09. The highest BCUT2D eigenvalue weighted by atomic mass is 16.3. The molecule has 0 aromatic heterocycles. The van der Waals surface area contributed by atoms with Crippen LogP contribution in [0.5, 0.6) is 11.5 Å². The van der Waals surface area contributed by atoms with Crippen LogP contribution in [0.4, 0.5) is 11.4 Å². The van der Waals surface area contributed by atoms with Crippen molar-refractivity contribution in [3.8, 4) is 11.5 Å². The van der Waals surface area contributed by atoms with Gasteiger partial charge in [0.2, 0.25) is 0 Å². The van der Waals surface area contributed by atoms with Crippen LogP contribution in [0, 0.1) is 0 Å². The Morgan fingerprint density at radius 3 is 1.50 bits per heavy atom. The molecule has 100 valence electrons. The average Bonchev–Trinajstić information content (AvgIpc) is 2.45. The molecule has 0 saturated carbocycles. The van der Waals surface area contributed by atoms with Gasteiger partial charge in [0, 0.05) is 23.3 Å². The zero-order valence-electron chi connectivity index (χ0n) is 10.8. The second-order valence-electron chi connectivity index (χ2n) is 4.09. The summed E-state index contributed by atoms with van der Waals surface area (Å²) in [5, 5.41) is 27.2. The fourth-order valence-corrected chi connectivity index (χ4v) is 1.69. The lowest BCUT2D eigenvalue weighted by molar-refractivity contribution is 0.474. The summed E-state index contributed by atoms with van der Waals surface area (Å²) in [6.07, 6.45) is 3.26. The fraction of sp³-hybridized carbons (Fsp3) is 0. The lowest BCUT2D eigenvalue weighted by Crippen LogP contribution is -1.76. The minimum atomic E-state index is 0.101. The summed E-state index contributed by atoms with van der Waals surface area (Å²) in [5.74, 6) is 0.203. The van der Waals surface area contributed by atoms with Gasteiger partial charge >= 0.3 is 0 Å². The van der Waals surface area contributed by atoms with Gasteiger partial charge in [-0.05, 0) is 24.3 Å². The smallest absolute Gasteiger partial charge is 0.117 e. The number of benzene rings is 2. The van der Waals surface area contributed by atoms with E-state index in [0.29, 0.717) is 11.4 Å². The van der Waals surface area contributed by atoms with E-state index in [1.54, 1.807) is 36.4 Å². The monoisotopic (exact) mass is 266 g/mol. The van der Waals surface area contributed by atoms with Crippen LogP contribution in [0.1, 0.15) is 11.1 Å². The third kappa shape index (κ3) is 2.92. The minimum Gasteiger partial charge on any atom is -0.508 e. The number of phenols is 2.